The number of hydrogen-bond donors (Lipinski definition) is 3. The van der Waals surface area contributed by atoms with Gasteiger partial charge in [-0.3, -0.25) is 24.5 Å². The molecule has 0 amide bonds. The summed E-state index contributed by atoms with van der Waals surface area (Å²) in [7, 11) is 1.50. The first-order chi connectivity index (χ1) is 14.3. The van der Waals surface area contributed by atoms with Crippen LogP contribution in [-0.4, -0.2) is 48.4 Å². The third kappa shape index (κ3) is 4.33. The number of nitrogens with one attached hydrogen (secondary N) is 2. The second kappa shape index (κ2) is 8.78. The van der Waals surface area contributed by atoms with Gasteiger partial charge >= 0.3 is 5.69 Å². The minimum absolute atomic E-state index is 0.0171. The number of imidazole rings is 1. The Bertz CT molecular complexity index is 1160. The third-order valence-electron chi connectivity index (χ3n) is 4.42. The van der Waals surface area contributed by atoms with E-state index in [0.29, 0.717) is 18.2 Å². The highest BCUT2D eigenvalue weighted by Crippen LogP contribution is 2.19. The molecular formula is C18H22N6O6. The molecular weight excluding hydrogens is 396 g/mol. The topological polar surface area (TPSA) is 157 Å². The first kappa shape index (κ1) is 21.0. The first-order valence-corrected chi connectivity index (χ1v) is 9.30. The Kier molecular flexibility index (Phi) is 6.16. The van der Waals surface area contributed by atoms with Crippen molar-refractivity contribution >= 4 is 22.8 Å². The molecule has 12 nitrogen and oxygen atoms in total. The van der Waals surface area contributed by atoms with Gasteiger partial charge in [0.25, 0.3) is 11.2 Å². The maximum atomic E-state index is 12.4. The van der Waals surface area contributed by atoms with Gasteiger partial charge in [0, 0.05) is 25.7 Å². The number of nitro groups is 1. The number of nitro benzene ring substituents is 1. The summed E-state index contributed by atoms with van der Waals surface area (Å²) in [6, 6.07) is 5.48. The van der Waals surface area contributed by atoms with Crippen LogP contribution in [0.4, 0.5) is 11.6 Å². The standard InChI is InChI=1S/C18H22N6O6/c1-3-8-19-17-20-15-14(16(26)21-18(27)22(15)2)23(17)9-12(25)10-30-13-6-4-11(5-7-13)24(28)29/h4-7,12,25H,3,8-10H2,1-2H3,(H,19,20)(H,21,26,27)/t12-/m1/s1. The predicted octanol–water partition coefficient (Wildman–Crippen LogP) is 0.593. The van der Waals surface area contributed by atoms with Crippen molar-refractivity contribution in [2.75, 3.05) is 18.5 Å². The van der Waals surface area contributed by atoms with Gasteiger partial charge in [0.1, 0.15) is 18.5 Å². The number of H-pyrrole nitrogens is 1. The van der Waals surface area contributed by atoms with E-state index in [2.05, 4.69) is 15.3 Å². The van der Waals surface area contributed by atoms with Crippen LogP contribution in [-0.2, 0) is 13.6 Å². The summed E-state index contributed by atoms with van der Waals surface area (Å²) in [5.74, 6) is 0.715. The van der Waals surface area contributed by atoms with Crippen molar-refractivity contribution in [3.8, 4) is 5.75 Å². The molecule has 0 bridgehead atoms. The highest BCUT2D eigenvalue weighted by Gasteiger charge is 2.19. The molecule has 0 fully saturated rings. The number of anilines is 1. The molecule has 30 heavy (non-hydrogen) atoms. The zero-order valence-electron chi connectivity index (χ0n) is 16.5. The molecule has 0 aliphatic rings. The van der Waals surface area contributed by atoms with Crippen molar-refractivity contribution in [2.24, 2.45) is 7.05 Å². The largest absolute Gasteiger partial charge is 0.491 e. The lowest BCUT2D eigenvalue weighted by molar-refractivity contribution is -0.384. The maximum Gasteiger partial charge on any atom is 0.329 e. The minimum Gasteiger partial charge on any atom is -0.491 e. The first-order valence-electron chi connectivity index (χ1n) is 9.30. The number of rotatable bonds is 9. The van der Waals surface area contributed by atoms with Crippen LogP contribution >= 0.6 is 0 Å². The Morgan fingerprint density at radius 3 is 2.67 bits per heavy atom. The second-order valence-corrected chi connectivity index (χ2v) is 6.68. The van der Waals surface area contributed by atoms with Crippen LogP contribution in [0.15, 0.2) is 33.9 Å². The van der Waals surface area contributed by atoms with E-state index in [1.165, 1.54) is 40.4 Å². The fraction of sp³-hybridized carbons (Fsp3) is 0.389. The van der Waals surface area contributed by atoms with E-state index in [-0.39, 0.29) is 30.0 Å². The Morgan fingerprint density at radius 1 is 1.33 bits per heavy atom. The van der Waals surface area contributed by atoms with Crippen molar-refractivity contribution in [1.29, 1.82) is 0 Å². The molecule has 0 radical (unpaired) electrons. The van der Waals surface area contributed by atoms with Crippen LogP contribution in [0.25, 0.3) is 11.2 Å². The molecule has 0 saturated carbocycles. The summed E-state index contributed by atoms with van der Waals surface area (Å²) in [6.07, 6.45) is -0.207. The zero-order valence-corrected chi connectivity index (χ0v) is 16.5. The summed E-state index contributed by atoms with van der Waals surface area (Å²) in [5.41, 5.74) is -0.893. The fourth-order valence-electron chi connectivity index (χ4n) is 2.90. The van der Waals surface area contributed by atoms with Gasteiger partial charge in [-0.25, -0.2) is 4.79 Å². The highest BCUT2D eigenvalue weighted by atomic mass is 16.6. The molecule has 160 valence electrons. The summed E-state index contributed by atoms with van der Waals surface area (Å²) in [5, 5.41) is 24.3. The number of aliphatic hydroxyl groups excluding tert-OH is 1. The van der Waals surface area contributed by atoms with Gasteiger partial charge in [-0.2, -0.15) is 4.98 Å². The predicted molar refractivity (Wildman–Crippen MR) is 109 cm³/mol. The molecule has 0 saturated heterocycles. The molecule has 1 atom stereocenters. The SMILES string of the molecule is CCCNc1nc2c(c(=O)[nH]c(=O)n2C)n1C[C@@H](O)COc1ccc([N+](=O)[O-])cc1. The molecule has 3 rings (SSSR count). The number of aromatic nitrogens is 4. The average molecular weight is 418 g/mol. The normalized spacial score (nSPS) is 12.1. The zero-order chi connectivity index (χ0) is 21.8. The smallest absolute Gasteiger partial charge is 0.329 e. The van der Waals surface area contributed by atoms with E-state index in [4.69, 9.17) is 4.74 Å². The number of aryl methyl sites for hydroxylation is 1. The lowest BCUT2D eigenvalue weighted by Gasteiger charge is -2.15. The lowest BCUT2D eigenvalue weighted by Crippen LogP contribution is -2.31. The fourth-order valence-corrected chi connectivity index (χ4v) is 2.90. The Balaban J connectivity index is 1.82. The van der Waals surface area contributed by atoms with E-state index in [9.17, 15) is 24.8 Å². The van der Waals surface area contributed by atoms with Crippen LogP contribution in [0.3, 0.4) is 0 Å². The quantitative estimate of drug-likeness (QED) is 0.337. The Morgan fingerprint density at radius 2 is 2.03 bits per heavy atom. The van der Waals surface area contributed by atoms with E-state index in [1.54, 1.807) is 0 Å². The molecule has 12 heteroatoms. The number of ether oxygens (including phenoxy) is 1. The summed E-state index contributed by atoms with van der Waals surface area (Å²) >= 11 is 0. The summed E-state index contributed by atoms with van der Waals surface area (Å²) in [4.78, 5) is 41.0. The molecule has 0 spiro atoms. The van der Waals surface area contributed by atoms with Gasteiger partial charge in [-0.1, -0.05) is 6.92 Å². The van der Waals surface area contributed by atoms with E-state index in [0.717, 1.165) is 6.42 Å². The number of fused-ring (bicyclic) bond motifs is 1. The van der Waals surface area contributed by atoms with Crippen molar-refractivity contribution in [1.82, 2.24) is 19.1 Å². The number of non-ortho nitro benzene ring substituents is 1. The van der Waals surface area contributed by atoms with E-state index >= 15 is 0 Å². The van der Waals surface area contributed by atoms with Gasteiger partial charge in [0.2, 0.25) is 5.95 Å². The van der Waals surface area contributed by atoms with Gasteiger partial charge < -0.3 is 19.7 Å². The molecule has 0 aliphatic carbocycles. The van der Waals surface area contributed by atoms with Crippen molar-refractivity contribution in [3.63, 3.8) is 0 Å². The molecule has 0 aliphatic heterocycles. The maximum absolute atomic E-state index is 12.4. The number of nitrogens with zero attached hydrogens (tertiary/aromatic N) is 4. The van der Waals surface area contributed by atoms with Crippen molar-refractivity contribution in [3.05, 3.63) is 55.2 Å². The second-order valence-electron chi connectivity index (χ2n) is 6.68. The molecule has 2 aromatic heterocycles. The monoisotopic (exact) mass is 418 g/mol. The van der Waals surface area contributed by atoms with E-state index in [1.807, 2.05) is 6.92 Å². The van der Waals surface area contributed by atoms with Crippen LogP contribution in [0.2, 0.25) is 0 Å². The lowest BCUT2D eigenvalue weighted by atomic mass is 10.3. The van der Waals surface area contributed by atoms with Crippen molar-refractivity contribution < 1.29 is 14.8 Å². The van der Waals surface area contributed by atoms with Crippen LogP contribution < -0.4 is 21.3 Å². The highest BCUT2D eigenvalue weighted by molar-refractivity contribution is 5.74. The Labute approximate surface area is 169 Å². The van der Waals surface area contributed by atoms with E-state index < -0.39 is 22.3 Å². The Hall–Kier alpha value is -3.67. The van der Waals surface area contributed by atoms with Gasteiger partial charge in [0.15, 0.2) is 11.2 Å². The third-order valence-corrected chi connectivity index (χ3v) is 4.42. The summed E-state index contributed by atoms with van der Waals surface area (Å²) in [6.45, 7) is 2.42. The van der Waals surface area contributed by atoms with Crippen LogP contribution in [0.1, 0.15) is 13.3 Å². The number of aromatic amines is 1. The minimum atomic E-state index is -1.02. The molecule has 3 aromatic rings. The van der Waals surface area contributed by atoms with Gasteiger partial charge in [-0.05, 0) is 18.6 Å². The molecule has 0 unspecified atom stereocenters. The van der Waals surface area contributed by atoms with Crippen molar-refractivity contribution in [2.45, 2.75) is 26.0 Å². The average Bonchev–Trinajstić information content (AvgIpc) is 3.08. The number of hydrogen-bond acceptors (Lipinski definition) is 8. The number of benzene rings is 1. The molecule has 1 aromatic carbocycles. The summed E-state index contributed by atoms with van der Waals surface area (Å²) < 4.78 is 8.22. The van der Waals surface area contributed by atoms with Gasteiger partial charge in [0.05, 0.1) is 11.5 Å². The van der Waals surface area contributed by atoms with Gasteiger partial charge in [-0.15, -0.1) is 0 Å². The van der Waals surface area contributed by atoms with Crippen LogP contribution in [0.5, 0.6) is 5.75 Å². The molecule has 2 heterocycles. The number of aliphatic hydroxyl groups is 1. The van der Waals surface area contributed by atoms with Crippen LogP contribution in [0, 0.1) is 10.1 Å². The molecule has 3 N–H and O–H groups in total.